The van der Waals surface area contributed by atoms with Gasteiger partial charge in [-0.2, -0.15) is 0 Å². The lowest BCUT2D eigenvalue weighted by Gasteiger charge is -2.15. The van der Waals surface area contributed by atoms with Crippen LogP contribution < -0.4 is 4.74 Å². The first kappa shape index (κ1) is 16.3. The molecule has 0 radical (unpaired) electrons. The van der Waals surface area contributed by atoms with Crippen molar-refractivity contribution < 1.29 is 14.6 Å². The van der Waals surface area contributed by atoms with Crippen LogP contribution in [0.3, 0.4) is 0 Å². The predicted octanol–water partition coefficient (Wildman–Crippen LogP) is 3.69. The van der Waals surface area contributed by atoms with Gasteiger partial charge in [0.1, 0.15) is 11.5 Å². The number of phenolic OH excluding ortho intramolecular Hbond substituents is 1. The molecule has 0 saturated carbocycles. The van der Waals surface area contributed by atoms with Crippen LogP contribution in [0.5, 0.6) is 11.5 Å². The van der Waals surface area contributed by atoms with E-state index in [2.05, 4.69) is 0 Å². The van der Waals surface area contributed by atoms with Crippen LogP contribution >= 0.6 is 0 Å². The van der Waals surface area contributed by atoms with E-state index in [0.717, 1.165) is 16.7 Å². The number of allylic oxidation sites excluding steroid dienone is 1. The van der Waals surface area contributed by atoms with Gasteiger partial charge in [0.15, 0.2) is 5.76 Å². The number of Topliss-reactive ketones (excluding diaryl/α,β-unsaturated/α-hetero) is 1. The van der Waals surface area contributed by atoms with E-state index in [0.29, 0.717) is 29.2 Å². The maximum atomic E-state index is 12.8. The summed E-state index contributed by atoms with van der Waals surface area (Å²) < 4.78 is 5.88. The maximum absolute atomic E-state index is 12.8. The molecular weight excluding hydrogens is 302 g/mol. The smallest absolute Gasteiger partial charge is 0.232 e. The van der Waals surface area contributed by atoms with Crippen molar-refractivity contribution in [3.8, 4) is 11.5 Å². The lowest BCUT2D eigenvalue weighted by atomic mass is 9.99. The highest BCUT2D eigenvalue weighted by molar-refractivity contribution is 6.15. The number of phenols is 1. The molecule has 1 aliphatic heterocycles. The first-order valence-electron chi connectivity index (χ1n) is 7.88. The molecule has 2 aromatic carbocycles. The second-order valence-corrected chi connectivity index (χ2v) is 6.49. The molecule has 24 heavy (non-hydrogen) atoms. The summed E-state index contributed by atoms with van der Waals surface area (Å²) in [6.07, 6.45) is 1.76. The van der Waals surface area contributed by atoms with Crippen molar-refractivity contribution in [2.45, 2.75) is 20.4 Å². The number of carbonyl (C=O) groups is 1. The summed E-state index contributed by atoms with van der Waals surface area (Å²) in [5.41, 5.74) is 3.95. The summed E-state index contributed by atoms with van der Waals surface area (Å²) in [6.45, 7) is 4.32. The number of carbonyl (C=O) groups excluding carboxylic acids is 1. The molecule has 1 heterocycles. The number of benzene rings is 2. The Balaban J connectivity index is 2.08. The monoisotopic (exact) mass is 323 g/mol. The number of fused-ring (bicyclic) bond motifs is 1. The predicted molar refractivity (Wildman–Crippen MR) is 94.3 cm³/mol. The molecule has 0 fully saturated rings. The molecule has 0 atom stereocenters. The number of hydrogen-bond donors (Lipinski definition) is 1. The second kappa shape index (κ2) is 6.13. The summed E-state index contributed by atoms with van der Waals surface area (Å²) in [7, 11) is 3.82. The van der Waals surface area contributed by atoms with Gasteiger partial charge in [0.25, 0.3) is 0 Å². The highest BCUT2D eigenvalue weighted by Crippen LogP contribution is 2.42. The van der Waals surface area contributed by atoms with Crippen molar-refractivity contribution in [3.05, 3.63) is 63.9 Å². The third-order valence-corrected chi connectivity index (χ3v) is 4.04. The van der Waals surface area contributed by atoms with E-state index in [-0.39, 0.29) is 11.5 Å². The fourth-order valence-corrected chi connectivity index (χ4v) is 2.96. The zero-order chi connectivity index (χ0) is 17.4. The first-order valence-corrected chi connectivity index (χ1v) is 7.88. The van der Waals surface area contributed by atoms with Crippen molar-refractivity contribution in [1.29, 1.82) is 0 Å². The van der Waals surface area contributed by atoms with Crippen LogP contribution in [0.25, 0.3) is 6.08 Å². The Morgan fingerprint density at radius 3 is 2.62 bits per heavy atom. The van der Waals surface area contributed by atoms with Crippen molar-refractivity contribution >= 4 is 11.9 Å². The Labute approximate surface area is 142 Å². The molecule has 0 spiro atoms. The van der Waals surface area contributed by atoms with Crippen LogP contribution in [0.1, 0.15) is 32.6 Å². The topological polar surface area (TPSA) is 49.8 Å². The van der Waals surface area contributed by atoms with Gasteiger partial charge in [-0.15, -0.1) is 0 Å². The minimum atomic E-state index is -0.135. The molecule has 0 aromatic heterocycles. The maximum Gasteiger partial charge on any atom is 0.232 e. The van der Waals surface area contributed by atoms with Gasteiger partial charge in [-0.25, -0.2) is 0 Å². The Bertz CT molecular complexity index is 850. The van der Waals surface area contributed by atoms with E-state index >= 15 is 0 Å². The standard InChI is InChI=1S/C20H21NO3/c1-12-6-5-7-14(8-12)10-17-19(23)18-13(2)9-16(22)15(11-21(3)4)20(18)24-17/h5-10,22H,11H2,1-4H3/b17-10-. The van der Waals surface area contributed by atoms with Crippen LogP contribution in [0.4, 0.5) is 0 Å². The molecule has 0 unspecified atom stereocenters. The van der Waals surface area contributed by atoms with Crippen LogP contribution in [0.15, 0.2) is 36.1 Å². The third-order valence-electron chi connectivity index (χ3n) is 4.04. The minimum absolute atomic E-state index is 0.135. The van der Waals surface area contributed by atoms with Crippen molar-refractivity contribution in [2.24, 2.45) is 0 Å². The summed E-state index contributed by atoms with van der Waals surface area (Å²) in [5, 5.41) is 10.3. The van der Waals surface area contributed by atoms with Gasteiger partial charge in [0, 0.05) is 6.54 Å². The Morgan fingerprint density at radius 2 is 1.96 bits per heavy atom. The van der Waals surface area contributed by atoms with Gasteiger partial charge < -0.3 is 14.7 Å². The minimum Gasteiger partial charge on any atom is -0.507 e. The summed E-state index contributed by atoms with van der Waals surface area (Å²) in [4.78, 5) is 14.7. The van der Waals surface area contributed by atoms with Gasteiger partial charge in [-0.3, -0.25) is 4.79 Å². The highest BCUT2D eigenvalue weighted by atomic mass is 16.5. The SMILES string of the molecule is Cc1cccc(/C=C2\Oc3c(CN(C)C)c(O)cc(C)c3C2=O)c1. The molecule has 0 amide bonds. The summed E-state index contributed by atoms with van der Waals surface area (Å²) in [5.74, 6) is 0.794. The van der Waals surface area contributed by atoms with E-state index in [1.807, 2.05) is 57.1 Å². The Morgan fingerprint density at radius 1 is 1.21 bits per heavy atom. The third kappa shape index (κ3) is 2.93. The number of ketones is 1. The van der Waals surface area contributed by atoms with E-state index in [1.54, 1.807) is 12.1 Å². The zero-order valence-corrected chi connectivity index (χ0v) is 14.4. The fourth-order valence-electron chi connectivity index (χ4n) is 2.96. The largest absolute Gasteiger partial charge is 0.507 e. The number of hydrogen-bond acceptors (Lipinski definition) is 4. The van der Waals surface area contributed by atoms with Gasteiger partial charge in [0.2, 0.25) is 5.78 Å². The Hall–Kier alpha value is -2.59. The zero-order valence-electron chi connectivity index (χ0n) is 14.4. The van der Waals surface area contributed by atoms with Crippen molar-refractivity contribution in [2.75, 3.05) is 14.1 Å². The number of ether oxygens (including phenoxy) is 1. The lowest BCUT2D eigenvalue weighted by molar-refractivity contribution is 0.101. The van der Waals surface area contributed by atoms with Crippen LogP contribution in [-0.4, -0.2) is 29.9 Å². The van der Waals surface area contributed by atoms with Crippen LogP contribution in [-0.2, 0) is 6.54 Å². The van der Waals surface area contributed by atoms with Crippen molar-refractivity contribution in [1.82, 2.24) is 4.90 Å². The van der Waals surface area contributed by atoms with Crippen LogP contribution in [0.2, 0.25) is 0 Å². The van der Waals surface area contributed by atoms with Gasteiger partial charge in [0.05, 0.1) is 11.1 Å². The van der Waals surface area contributed by atoms with E-state index in [9.17, 15) is 9.90 Å². The average Bonchev–Trinajstić information content (AvgIpc) is 2.81. The number of rotatable bonds is 3. The van der Waals surface area contributed by atoms with Crippen molar-refractivity contribution in [3.63, 3.8) is 0 Å². The van der Waals surface area contributed by atoms with Gasteiger partial charge in [-0.1, -0.05) is 29.8 Å². The first-order chi connectivity index (χ1) is 11.4. The molecule has 0 aliphatic carbocycles. The second-order valence-electron chi connectivity index (χ2n) is 6.49. The molecule has 4 nitrogen and oxygen atoms in total. The van der Waals surface area contributed by atoms with E-state index in [4.69, 9.17) is 4.74 Å². The molecular formula is C20H21NO3. The average molecular weight is 323 g/mol. The lowest BCUT2D eigenvalue weighted by Crippen LogP contribution is -2.12. The highest BCUT2D eigenvalue weighted by Gasteiger charge is 2.33. The van der Waals surface area contributed by atoms with E-state index in [1.165, 1.54) is 0 Å². The normalized spacial score (nSPS) is 15.0. The molecule has 0 bridgehead atoms. The molecule has 124 valence electrons. The molecule has 0 saturated heterocycles. The molecule has 2 aromatic rings. The molecule has 1 N–H and O–H groups in total. The summed E-state index contributed by atoms with van der Waals surface area (Å²) in [6, 6.07) is 9.52. The summed E-state index contributed by atoms with van der Waals surface area (Å²) >= 11 is 0. The molecule has 1 aliphatic rings. The molecule has 4 heteroatoms. The number of aromatic hydroxyl groups is 1. The van der Waals surface area contributed by atoms with Gasteiger partial charge in [-0.05, 0) is 51.2 Å². The van der Waals surface area contributed by atoms with Gasteiger partial charge >= 0.3 is 0 Å². The Kier molecular flexibility index (Phi) is 4.16. The van der Waals surface area contributed by atoms with Crippen LogP contribution in [0, 0.1) is 13.8 Å². The number of nitrogens with zero attached hydrogens (tertiary/aromatic N) is 1. The quantitative estimate of drug-likeness (QED) is 0.875. The fraction of sp³-hybridized carbons (Fsp3) is 0.250. The number of aryl methyl sites for hydroxylation is 2. The van der Waals surface area contributed by atoms with E-state index < -0.39 is 0 Å². The molecule has 3 rings (SSSR count).